The van der Waals surface area contributed by atoms with Crippen molar-refractivity contribution in [2.75, 3.05) is 23.8 Å². The zero-order valence-corrected chi connectivity index (χ0v) is 9.28. The van der Waals surface area contributed by atoms with Crippen LogP contribution in [0.3, 0.4) is 0 Å². The smallest absolute Gasteiger partial charge is 0.224 e. The molecule has 0 aliphatic rings. The van der Waals surface area contributed by atoms with E-state index in [4.69, 9.17) is 0 Å². The van der Waals surface area contributed by atoms with Gasteiger partial charge in [-0.05, 0) is 26.8 Å². The minimum Gasteiger partial charge on any atom is -0.357 e. The molecule has 0 fully saturated rings. The third kappa shape index (κ3) is 2.58. The van der Waals surface area contributed by atoms with Crippen LogP contribution >= 0.6 is 0 Å². The van der Waals surface area contributed by atoms with Gasteiger partial charge in [0.1, 0.15) is 5.82 Å². The Morgan fingerprint density at radius 3 is 2.79 bits per heavy atom. The molecular weight excluding hydrogens is 176 g/mol. The predicted octanol–water partition coefficient (Wildman–Crippen LogP) is 1.75. The molecule has 78 valence electrons. The Balaban J connectivity index is 2.82. The highest BCUT2D eigenvalue weighted by Crippen LogP contribution is 2.12. The molecule has 0 bridgehead atoms. The molecule has 0 saturated carbocycles. The maximum Gasteiger partial charge on any atom is 0.224 e. The van der Waals surface area contributed by atoms with Crippen molar-refractivity contribution < 1.29 is 0 Å². The lowest BCUT2D eigenvalue weighted by atomic mass is 10.3. The average molecular weight is 194 g/mol. The minimum atomic E-state index is 0.444. The van der Waals surface area contributed by atoms with Crippen LogP contribution in [-0.4, -0.2) is 29.6 Å². The molecule has 1 heterocycles. The van der Waals surface area contributed by atoms with Crippen LogP contribution < -0.4 is 10.2 Å². The zero-order valence-electron chi connectivity index (χ0n) is 9.28. The lowest BCUT2D eigenvalue weighted by molar-refractivity contribution is 0.742. The Labute approximate surface area is 85.4 Å². The van der Waals surface area contributed by atoms with Crippen molar-refractivity contribution in [3.8, 4) is 0 Å². The third-order valence-corrected chi connectivity index (χ3v) is 2.11. The monoisotopic (exact) mass is 194 g/mol. The molecule has 4 heteroatoms. The van der Waals surface area contributed by atoms with Gasteiger partial charge < -0.3 is 10.2 Å². The van der Waals surface area contributed by atoms with Crippen LogP contribution in [0.5, 0.6) is 0 Å². The van der Waals surface area contributed by atoms with Crippen molar-refractivity contribution in [1.82, 2.24) is 9.97 Å². The van der Waals surface area contributed by atoms with Crippen LogP contribution in [0.25, 0.3) is 0 Å². The molecule has 1 aromatic heterocycles. The molecule has 1 rings (SSSR count). The molecule has 14 heavy (non-hydrogen) atoms. The van der Waals surface area contributed by atoms with Gasteiger partial charge in [-0.15, -0.1) is 0 Å². The van der Waals surface area contributed by atoms with Gasteiger partial charge in [0.25, 0.3) is 0 Å². The summed E-state index contributed by atoms with van der Waals surface area (Å²) in [6.07, 6.45) is 1.78. The first-order valence-electron chi connectivity index (χ1n) is 4.95. The molecule has 0 spiro atoms. The summed E-state index contributed by atoms with van der Waals surface area (Å²) in [4.78, 5) is 10.6. The Morgan fingerprint density at radius 1 is 1.50 bits per heavy atom. The fourth-order valence-electron chi connectivity index (χ4n) is 1.05. The van der Waals surface area contributed by atoms with E-state index in [1.54, 1.807) is 6.20 Å². The first-order chi connectivity index (χ1) is 6.65. The molecule has 4 nitrogen and oxygen atoms in total. The summed E-state index contributed by atoms with van der Waals surface area (Å²) in [7, 11) is 2.03. The first kappa shape index (κ1) is 10.8. The fourth-order valence-corrected chi connectivity index (χ4v) is 1.05. The maximum atomic E-state index is 4.39. The van der Waals surface area contributed by atoms with Gasteiger partial charge in [-0.25, -0.2) is 4.98 Å². The summed E-state index contributed by atoms with van der Waals surface area (Å²) in [6.45, 7) is 7.14. The number of nitrogens with zero attached hydrogens (tertiary/aromatic N) is 3. The van der Waals surface area contributed by atoms with Gasteiger partial charge in [0, 0.05) is 25.8 Å². The number of aromatic nitrogens is 2. The van der Waals surface area contributed by atoms with Crippen molar-refractivity contribution >= 4 is 11.8 Å². The molecule has 0 aliphatic heterocycles. The van der Waals surface area contributed by atoms with Crippen molar-refractivity contribution in [2.24, 2.45) is 0 Å². The second-order valence-electron chi connectivity index (χ2n) is 3.47. The van der Waals surface area contributed by atoms with Crippen molar-refractivity contribution in [1.29, 1.82) is 0 Å². The summed E-state index contributed by atoms with van der Waals surface area (Å²) in [5, 5.41) is 3.09. The molecule has 1 aromatic rings. The third-order valence-electron chi connectivity index (χ3n) is 2.11. The lowest BCUT2D eigenvalue weighted by Crippen LogP contribution is -2.26. The van der Waals surface area contributed by atoms with Crippen LogP contribution in [0.4, 0.5) is 11.8 Å². The van der Waals surface area contributed by atoms with E-state index < -0.39 is 0 Å². The Hall–Kier alpha value is -1.32. The van der Waals surface area contributed by atoms with Crippen molar-refractivity contribution in [3.63, 3.8) is 0 Å². The predicted molar refractivity (Wildman–Crippen MR) is 59.7 cm³/mol. The van der Waals surface area contributed by atoms with Crippen LogP contribution in [-0.2, 0) is 0 Å². The molecule has 0 saturated heterocycles. The molecule has 0 amide bonds. The molecule has 0 radical (unpaired) electrons. The van der Waals surface area contributed by atoms with Gasteiger partial charge >= 0.3 is 0 Å². The van der Waals surface area contributed by atoms with Crippen LogP contribution in [0.2, 0.25) is 0 Å². The number of nitrogens with one attached hydrogen (secondary N) is 1. The zero-order chi connectivity index (χ0) is 10.6. The Kier molecular flexibility index (Phi) is 3.68. The molecule has 0 unspecified atom stereocenters. The van der Waals surface area contributed by atoms with E-state index in [1.807, 2.05) is 20.0 Å². The van der Waals surface area contributed by atoms with Crippen LogP contribution in [0.1, 0.15) is 20.8 Å². The van der Waals surface area contributed by atoms with E-state index in [1.165, 1.54) is 0 Å². The normalized spacial score (nSPS) is 10.4. The van der Waals surface area contributed by atoms with E-state index in [0.29, 0.717) is 12.0 Å². The Morgan fingerprint density at radius 2 is 2.21 bits per heavy atom. The summed E-state index contributed by atoms with van der Waals surface area (Å²) in [5.41, 5.74) is 0. The fraction of sp³-hybridized carbons (Fsp3) is 0.600. The van der Waals surface area contributed by atoms with E-state index in [0.717, 1.165) is 12.4 Å². The average Bonchev–Trinajstić information content (AvgIpc) is 2.17. The SMILES string of the molecule is CCNc1nccc(N(C)C(C)C)n1. The second-order valence-corrected chi connectivity index (χ2v) is 3.47. The van der Waals surface area contributed by atoms with Gasteiger partial charge in [0.2, 0.25) is 5.95 Å². The standard InChI is InChI=1S/C10H18N4/c1-5-11-10-12-7-6-9(13-10)14(4)8(2)3/h6-8H,5H2,1-4H3,(H,11,12,13). The van der Waals surface area contributed by atoms with Gasteiger partial charge in [0.15, 0.2) is 0 Å². The molecule has 0 atom stereocenters. The minimum absolute atomic E-state index is 0.444. The largest absolute Gasteiger partial charge is 0.357 e. The summed E-state index contributed by atoms with van der Waals surface area (Å²) < 4.78 is 0. The Bertz CT molecular complexity index is 285. The quantitative estimate of drug-likeness (QED) is 0.793. The molecular formula is C10H18N4. The topological polar surface area (TPSA) is 41.1 Å². The second kappa shape index (κ2) is 4.79. The van der Waals surface area contributed by atoms with Crippen molar-refractivity contribution in [2.45, 2.75) is 26.8 Å². The van der Waals surface area contributed by atoms with E-state index in [9.17, 15) is 0 Å². The van der Waals surface area contributed by atoms with Gasteiger partial charge in [-0.2, -0.15) is 4.98 Å². The molecule has 1 N–H and O–H groups in total. The highest BCUT2D eigenvalue weighted by atomic mass is 15.2. The first-order valence-corrected chi connectivity index (χ1v) is 4.95. The number of rotatable bonds is 4. The summed E-state index contributed by atoms with van der Waals surface area (Å²) >= 11 is 0. The number of hydrogen-bond acceptors (Lipinski definition) is 4. The summed E-state index contributed by atoms with van der Waals surface area (Å²) in [5.74, 6) is 1.64. The van der Waals surface area contributed by atoms with E-state index in [-0.39, 0.29) is 0 Å². The van der Waals surface area contributed by atoms with Crippen LogP contribution in [0.15, 0.2) is 12.3 Å². The van der Waals surface area contributed by atoms with E-state index in [2.05, 4.69) is 34.0 Å². The molecule has 0 aromatic carbocycles. The van der Waals surface area contributed by atoms with E-state index >= 15 is 0 Å². The van der Waals surface area contributed by atoms with Crippen molar-refractivity contribution in [3.05, 3.63) is 12.3 Å². The number of hydrogen-bond donors (Lipinski definition) is 1. The number of anilines is 2. The maximum absolute atomic E-state index is 4.39. The van der Waals surface area contributed by atoms with Gasteiger partial charge in [-0.1, -0.05) is 0 Å². The lowest BCUT2D eigenvalue weighted by Gasteiger charge is -2.22. The van der Waals surface area contributed by atoms with Gasteiger partial charge in [-0.3, -0.25) is 0 Å². The highest BCUT2D eigenvalue weighted by Gasteiger charge is 2.06. The summed E-state index contributed by atoms with van der Waals surface area (Å²) in [6, 6.07) is 2.36. The molecule has 0 aliphatic carbocycles. The van der Waals surface area contributed by atoms with Crippen LogP contribution in [0, 0.1) is 0 Å². The highest BCUT2D eigenvalue weighted by molar-refractivity contribution is 5.42. The van der Waals surface area contributed by atoms with Gasteiger partial charge in [0.05, 0.1) is 0 Å².